The number of anilines is 1. The lowest BCUT2D eigenvalue weighted by Crippen LogP contribution is -2.23. The molecule has 2 N–H and O–H groups in total. The van der Waals surface area contributed by atoms with Gasteiger partial charge in [0.2, 0.25) is 5.91 Å². The number of amides is 2. The van der Waals surface area contributed by atoms with Gasteiger partial charge in [0, 0.05) is 28.7 Å². The van der Waals surface area contributed by atoms with Gasteiger partial charge in [0.15, 0.2) is 5.76 Å². The van der Waals surface area contributed by atoms with Gasteiger partial charge in [-0.15, -0.1) is 0 Å². The molecule has 1 heterocycles. The van der Waals surface area contributed by atoms with Crippen LogP contribution in [0.4, 0.5) is 5.69 Å². The minimum Gasteiger partial charge on any atom is -0.459 e. The number of hydrogen-bond acceptors (Lipinski definition) is 3. The molecule has 3 rings (SSSR count). The molecule has 0 atom stereocenters. The molecule has 0 saturated carbocycles. The smallest absolute Gasteiger partial charge is 0.291 e. The Kier molecular flexibility index (Phi) is 6.74. The molecule has 0 bridgehead atoms. The standard InChI is InChI=1S/C21H18Cl2N2O3/c22-16-8-6-15(18(23)12-16)7-9-20(26)24-13-14-3-1-4-17(11-14)25-21(27)19-5-2-10-28-19/h1-6,8,10-12H,7,9,13H2,(H,24,26)(H,25,27). The van der Waals surface area contributed by atoms with E-state index in [-0.39, 0.29) is 17.6 Å². The fourth-order valence-corrected chi connectivity index (χ4v) is 3.12. The second-order valence-corrected chi connectivity index (χ2v) is 6.99. The number of furan rings is 1. The van der Waals surface area contributed by atoms with Gasteiger partial charge >= 0.3 is 0 Å². The molecule has 0 fully saturated rings. The van der Waals surface area contributed by atoms with Crippen molar-refractivity contribution >= 4 is 40.7 Å². The first kappa shape index (κ1) is 20.0. The molecule has 0 spiro atoms. The summed E-state index contributed by atoms with van der Waals surface area (Å²) in [6, 6.07) is 15.7. The highest BCUT2D eigenvalue weighted by Crippen LogP contribution is 2.22. The van der Waals surface area contributed by atoms with Crippen LogP contribution in [0.5, 0.6) is 0 Å². The first-order chi connectivity index (χ1) is 13.5. The van der Waals surface area contributed by atoms with E-state index in [1.165, 1.54) is 6.26 Å². The van der Waals surface area contributed by atoms with Crippen LogP contribution < -0.4 is 10.6 Å². The van der Waals surface area contributed by atoms with Gasteiger partial charge in [-0.25, -0.2) is 0 Å². The number of benzene rings is 2. The SMILES string of the molecule is O=C(CCc1ccc(Cl)cc1Cl)NCc1cccc(NC(=O)c2ccco2)c1. The molecule has 0 unspecified atom stereocenters. The molecule has 144 valence electrons. The van der Waals surface area contributed by atoms with Crippen molar-refractivity contribution in [2.45, 2.75) is 19.4 Å². The second kappa shape index (κ2) is 9.44. The van der Waals surface area contributed by atoms with Crippen molar-refractivity contribution in [3.8, 4) is 0 Å². The molecule has 28 heavy (non-hydrogen) atoms. The van der Waals surface area contributed by atoms with Gasteiger partial charge in [-0.3, -0.25) is 9.59 Å². The van der Waals surface area contributed by atoms with Crippen molar-refractivity contribution in [2.24, 2.45) is 0 Å². The van der Waals surface area contributed by atoms with Crippen LogP contribution in [-0.4, -0.2) is 11.8 Å². The van der Waals surface area contributed by atoms with Gasteiger partial charge in [-0.05, 0) is 53.9 Å². The Morgan fingerprint density at radius 1 is 1.00 bits per heavy atom. The van der Waals surface area contributed by atoms with Crippen molar-refractivity contribution in [2.75, 3.05) is 5.32 Å². The largest absolute Gasteiger partial charge is 0.459 e. The molecule has 2 amide bonds. The molecule has 0 saturated heterocycles. The zero-order valence-electron chi connectivity index (χ0n) is 14.9. The lowest BCUT2D eigenvalue weighted by Gasteiger charge is -2.09. The Labute approximate surface area is 172 Å². The van der Waals surface area contributed by atoms with E-state index in [9.17, 15) is 9.59 Å². The summed E-state index contributed by atoms with van der Waals surface area (Å²) in [5.41, 5.74) is 2.38. The van der Waals surface area contributed by atoms with Gasteiger partial charge in [-0.2, -0.15) is 0 Å². The molecule has 5 nitrogen and oxygen atoms in total. The highest BCUT2D eigenvalue weighted by atomic mass is 35.5. The van der Waals surface area contributed by atoms with Crippen LogP contribution >= 0.6 is 23.2 Å². The summed E-state index contributed by atoms with van der Waals surface area (Å²) < 4.78 is 5.07. The average molecular weight is 417 g/mol. The molecule has 1 aromatic heterocycles. The number of halogens is 2. The number of rotatable bonds is 7. The molecule has 0 aliphatic heterocycles. The molecule has 0 aliphatic rings. The topological polar surface area (TPSA) is 71.3 Å². The molecule has 3 aromatic rings. The summed E-state index contributed by atoms with van der Waals surface area (Å²) in [5.74, 6) is -0.179. The van der Waals surface area contributed by atoms with Crippen LogP contribution in [0.1, 0.15) is 28.1 Å². The third-order valence-electron chi connectivity index (χ3n) is 4.06. The fourth-order valence-electron chi connectivity index (χ4n) is 2.62. The van der Waals surface area contributed by atoms with Crippen molar-refractivity contribution in [3.63, 3.8) is 0 Å². The van der Waals surface area contributed by atoms with Gasteiger partial charge in [0.1, 0.15) is 0 Å². The van der Waals surface area contributed by atoms with Crippen molar-refractivity contribution in [3.05, 3.63) is 87.8 Å². The Hall–Kier alpha value is -2.76. The summed E-state index contributed by atoms with van der Waals surface area (Å²) >= 11 is 12.0. The second-order valence-electron chi connectivity index (χ2n) is 6.14. The zero-order valence-corrected chi connectivity index (χ0v) is 16.4. The zero-order chi connectivity index (χ0) is 19.9. The van der Waals surface area contributed by atoms with E-state index >= 15 is 0 Å². The van der Waals surface area contributed by atoms with Crippen LogP contribution in [-0.2, 0) is 17.8 Å². The Morgan fingerprint density at radius 3 is 2.61 bits per heavy atom. The van der Waals surface area contributed by atoms with Crippen LogP contribution in [0, 0.1) is 0 Å². The summed E-state index contributed by atoms with van der Waals surface area (Å²) in [6.45, 7) is 0.359. The summed E-state index contributed by atoms with van der Waals surface area (Å²) in [5, 5.41) is 6.75. The minimum atomic E-state index is -0.328. The number of carbonyl (C=O) groups excluding carboxylic acids is 2. The van der Waals surface area contributed by atoms with E-state index in [0.717, 1.165) is 11.1 Å². The van der Waals surface area contributed by atoms with E-state index in [0.29, 0.717) is 35.1 Å². The van der Waals surface area contributed by atoms with Crippen LogP contribution in [0.15, 0.2) is 65.3 Å². The quantitative estimate of drug-likeness (QED) is 0.563. The number of aryl methyl sites for hydroxylation is 1. The van der Waals surface area contributed by atoms with Crippen LogP contribution in [0.2, 0.25) is 10.0 Å². The van der Waals surface area contributed by atoms with E-state index in [4.69, 9.17) is 27.6 Å². The minimum absolute atomic E-state index is 0.0870. The average Bonchev–Trinajstić information content (AvgIpc) is 3.21. The molecule has 7 heteroatoms. The fraction of sp³-hybridized carbons (Fsp3) is 0.143. The van der Waals surface area contributed by atoms with E-state index < -0.39 is 0 Å². The highest BCUT2D eigenvalue weighted by molar-refractivity contribution is 6.35. The Balaban J connectivity index is 1.50. The molecule has 0 radical (unpaired) electrons. The van der Waals surface area contributed by atoms with Gasteiger partial charge in [0.25, 0.3) is 5.91 Å². The third-order valence-corrected chi connectivity index (χ3v) is 4.64. The summed E-state index contributed by atoms with van der Waals surface area (Å²) in [6.07, 6.45) is 2.29. The first-order valence-electron chi connectivity index (χ1n) is 8.65. The Morgan fingerprint density at radius 2 is 1.86 bits per heavy atom. The van der Waals surface area contributed by atoms with Gasteiger partial charge in [0.05, 0.1) is 6.26 Å². The van der Waals surface area contributed by atoms with Gasteiger partial charge in [-0.1, -0.05) is 41.4 Å². The van der Waals surface area contributed by atoms with E-state index in [2.05, 4.69) is 10.6 Å². The lowest BCUT2D eigenvalue weighted by molar-refractivity contribution is -0.121. The highest BCUT2D eigenvalue weighted by Gasteiger charge is 2.09. The first-order valence-corrected chi connectivity index (χ1v) is 9.41. The van der Waals surface area contributed by atoms with Crippen molar-refractivity contribution in [1.29, 1.82) is 0 Å². The van der Waals surface area contributed by atoms with Crippen molar-refractivity contribution < 1.29 is 14.0 Å². The number of carbonyl (C=O) groups is 2. The van der Waals surface area contributed by atoms with Crippen LogP contribution in [0.25, 0.3) is 0 Å². The van der Waals surface area contributed by atoms with Gasteiger partial charge < -0.3 is 15.1 Å². The molecular formula is C21H18Cl2N2O3. The predicted octanol–water partition coefficient (Wildman–Crippen LogP) is 5.09. The lowest BCUT2D eigenvalue weighted by atomic mass is 10.1. The molecular weight excluding hydrogens is 399 g/mol. The number of nitrogens with one attached hydrogen (secondary N) is 2. The third kappa shape index (κ3) is 5.62. The maximum atomic E-state index is 12.1. The van der Waals surface area contributed by atoms with Crippen molar-refractivity contribution in [1.82, 2.24) is 5.32 Å². The summed E-state index contributed by atoms with van der Waals surface area (Å²) in [4.78, 5) is 24.2. The number of hydrogen-bond donors (Lipinski definition) is 2. The monoisotopic (exact) mass is 416 g/mol. The maximum absolute atomic E-state index is 12.1. The Bertz CT molecular complexity index is 972. The van der Waals surface area contributed by atoms with E-state index in [1.54, 1.807) is 36.4 Å². The summed E-state index contributed by atoms with van der Waals surface area (Å²) in [7, 11) is 0. The molecule has 0 aliphatic carbocycles. The van der Waals surface area contributed by atoms with Crippen LogP contribution in [0.3, 0.4) is 0 Å². The maximum Gasteiger partial charge on any atom is 0.291 e. The normalized spacial score (nSPS) is 10.5. The predicted molar refractivity (Wildman–Crippen MR) is 110 cm³/mol. The molecule has 2 aromatic carbocycles. The van der Waals surface area contributed by atoms with E-state index in [1.807, 2.05) is 18.2 Å².